The van der Waals surface area contributed by atoms with Gasteiger partial charge in [0.05, 0.1) is 17.5 Å². The molecule has 1 heterocycles. The summed E-state index contributed by atoms with van der Waals surface area (Å²) in [5.74, 6) is -1.20. The number of nitrogens with one attached hydrogen (secondary N) is 1. The molecule has 5 nitrogen and oxygen atoms in total. The molecule has 72 valence electrons. The number of rotatable bonds is 5. The minimum absolute atomic E-state index is 0. The molecule has 1 rings (SSSR count). The van der Waals surface area contributed by atoms with Crippen molar-refractivity contribution in [2.75, 3.05) is 25.6 Å². The topological polar surface area (TPSA) is 74.3 Å². The number of aromatic carboxylic acids is 1. The second-order valence-electron chi connectivity index (χ2n) is 2.24. The van der Waals surface area contributed by atoms with Crippen molar-refractivity contribution in [3.63, 3.8) is 0 Å². The first kappa shape index (κ1) is 13.5. The molecule has 0 aliphatic heterocycles. The van der Waals surface area contributed by atoms with Crippen molar-refractivity contribution in [1.82, 2.24) is 4.98 Å². The molecule has 0 radical (unpaired) electrons. The van der Waals surface area contributed by atoms with Crippen LogP contribution in [0.5, 0.6) is 0 Å². The van der Waals surface area contributed by atoms with Crippen LogP contribution in [-0.4, -0.2) is 31.2 Å². The van der Waals surface area contributed by atoms with Crippen molar-refractivity contribution in [3.8, 4) is 0 Å². The van der Waals surface area contributed by atoms with Crippen LogP contribution in [0, 0.1) is 0 Å². The van der Waals surface area contributed by atoms with E-state index in [4.69, 9.17) is 4.74 Å². The van der Waals surface area contributed by atoms with Gasteiger partial charge in [-0.05, 0) is 0 Å². The average Bonchev–Trinajstić information content (AvgIpc) is 2.53. The monoisotopic (exact) mass is 208 g/mol. The maximum Gasteiger partial charge on any atom is 1.00 e. The summed E-state index contributed by atoms with van der Waals surface area (Å²) in [6.45, 7) is 1.16. The van der Waals surface area contributed by atoms with Gasteiger partial charge in [0, 0.05) is 19.9 Å². The predicted molar refractivity (Wildman–Crippen MR) is 46.8 cm³/mol. The zero-order valence-corrected chi connectivity index (χ0v) is 8.89. The smallest absolute Gasteiger partial charge is 0.544 e. The fraction of sp³-hybridized carbons (Fsp3) is 0.429. The van der Waals surface area contributed by atoms with Gasteiger partial charge in [-0.15, -0.1) is 0 Å². The van der Waals surface area contributed by atoms with E-state index in [1.165, 1.54) is 6.20 Å². The second kappa shape index (κ2) is 6.84. The van der Waals surface area contributed by atoms with Crippen molar-refractivity contribution in [3.05, 3.63) is 11.1 Å². The van der Waals surface area contributed by atoms with E-state index in [0.29, 0.717) is 18.3 Å². The zero-order valence-electron chi connectivity index (χ0n) is 8.07. The van der Waals surface area contributed by atoms with Crippen LogP contribution in [0.1, 0.15) is 9.67 Å². The molecule has 0 fully saturated rings. The Balaban J connectivity index is 0.00000169. The van der Waals surface area contributed by atoms with Gasteiger partial charge in [-0.3, -0.25) is 0 Å². The SMILES string of the molecule is COCCNc1ncc(C(=O)[O-])s1.[Li+]. The van der Waals surface area contributed by atoms with Gasteiger partial charge < -0.3 is 20.0 Å². The normalized spacial score (nSPS) is 9.21. The first-order valence-corrected chi connectivity index (χ1v) is 4.45. The Hall–Kier alpha value is -0.543. The molecule has 7 heteroatoms. The fourth-order valence-electron chi connectivity index (χ4n) is 0.710. The van der Waals surface area contributed by atoms with Crippen LogP contribution in [0.2, 0.25) is 0 Å². The second-order valence-corrected chi connectivity index (χ2v) is 3.27. The van der Waals surface area contributed by atoms with Crippen LogP contribution >= 0.6 is 11.3 Å². The van der Waals surface area contributed by atoms with E-state index < -0.39 is 5.97 Å². The minimum atomic E-state index is -1.20. The number of hydrogen-bond donors (Lipinski definition) is 1. The molecule has 0 aromatic carbocycles. The average molecular weight is 208 g/mol. The predicted octanol–water partition coefficient (Wildman–Crippen LogP) is -3.43. The third kappa shape index (κ3) is 4.11. The number of anilines is 1. The van der Waals surface area contributed by atoms with Crippen molar-refractivity contribution in [2.45, 2.75) is 0 Å². The number of carboxylic acid groups (broad SMARTS) is 1. The molecule has 1 aromatic heterocycles. The third-order valence-corrected chi connectivity index (χ3v) is 2.22. The number of carbonyl (C=O) groups excluding carboxylic acids is 1. The first-order valence-electron chi connectivity index (χ1n) is 3.64. The summed E-state index contributed by atoms with van der Waals surface area (Å²) in [7, 11) is 1.59. The summed E-state index contributed by atoms with van der Waals surface area (Å²) >= 11 is 1.05. The maximum atomic E-state index is 10.4. The quantitative estimate of drug-likeness (QED) is 0.402. The summed E-state index contributed by atoms with van der Waals surface area (Å²) in [6, 6.07) is 0. The van der Waals surface area contributed by atoms with Gasteiger partial charge in [0.15, 0.2) is 5.13 Å². The summed E-state index contributed by atoms with van der Waals surface area (Å²) in [5.41, 5.74) is 0. The molecule has 0 aliphatic rings. The largest absolute Gasteiger partial charge is 1.00 e. The van der Waals surface area contributed by atoms with E-state index in [-0.39, 0.29) is 23.7 Å². The van der Waals surface area contributed by atoms with Gasteiger partial charge in [0.2, 0.25) is 0 Å². The zero-order chi connectivity index (χ0) is 9.68. The Kier molecular flexibility index (Phi) is 6.58. The van der Waals surface area contributed by atoms with Crippen LogP contribution < -0.4 is 29.3 Å². The van der Waals surface area contributed by atoms with Crippen LogP contribution in [0.3, 0.4) is 0 Å². The molecule has 0 saturated heterocycles. The maximum absolute atomic E-state index is 10.4. The van der Waals surface area contributed by atoms with Crippen LogP contribution in [-0.2, 0) is 4.74 Å². The number of thiazole rings is 1. The first-order chi connectivity index (χ1) is 6.24. The molecule has 0 bridgehead atoms. The Labute approximate surface area is 97.7 Å². The molecule has 0 saturated carbocycles. The van der Waals surface area contributed by atoms with Crippen molar-refractivity contribution >= 4 is 22.4 Å². The van der Waals surface area contributed by atoms with E-state index in [2.05, 4.69) is 10.3 Å². The Morgan fingerprint density at radius 2 is 2.50 bits per heavy atom. The van der Waals surface area contributed by atoms with Gasteiger partial charge in [0.25, 0.3) is 0 Å². The van der Waals surface area contributed by atoms with E-state index in [0.717, 1.165) is 11.3 Å². The van der Waals surface area contributed by atoms with Crippen molar-refractivity contribution in [1.29, 1.82) is 0 Å². The minimum Gasteiger partial charge on any atom is -0.544 e. The number of nitrogens with zero attached hydrogens (tertiary/aromatic N) is 1. The van der Waals surface area contributed by atoms with Gasteiger partial charge in [-0.25, -0.2) is 4.98 Å². The van der Waals surface area contributed by atoms with Crippen molar-refractivity contribution < 1.29 is 33.5 Å². The number of ether oxygens (including phenoxy) is 1. The third-order valence-electron chi connectivity index (χ3n) is 1.29. The molecule has 0 amide bonds. The summed E-state index contributed by atoms with van der Waals surface area (Å²) in [4.78, 5) is 14.3. The Bertz CT molecular complexity index is 292. The van der Waals surface area contributed by atoms with E-state index in [1.807, 2.05) is 0 Å². The Morgan fingerprint density at radius 1 is 1.79 bits per heavy atom. The standard InChI is InChI=1S/C7H10N2O3S.Li/c1-12-3-2-8-7-9-4-5(13-7)6(10)11;/h4H,2-3H2,1H3,(H,8,9)(H,10,11);/q;+1/p-1. The van der Waals surface area contributed by atoms with Gasteiger partial charge in [-0.2, -0.15) is 0 Å². The van der Waals surface area contributed by atoms with Crippen LogP contribution in [0.25, 0.3) is 0 Å². The van der Waals surface area contributed by atoms with Crippen LogP contribution in [0.15, 0.2) is 6.20 Å². The molecule has 14 heavy (non-hydrogen) atoms. The Morgan fingerprint density at radius 3 is 3.00 bits per heavy atom. The fourth-order valence-corrected chi connectivity index (χ4v) is 1.39. The number of carboxylic acids is 1. The molecular weight excluding hydrogens is 199 g/mol. The number of aromatic nitrogens is 1. The van der Waals surface area contributed by atoms with E-state index in [9.17, 15) is 9.90 Å². The summed E-state index contributed by atoms with van der Waals surface area (Å²) < 4.78 is 4.80. The number of methoxy groups -OCH3 is 1. The van der Waals surface area contributed by atoms with Gasteiger partial charge in [0.1, 0.15) is 0 Å². The molecule has 1 N–H and O–H groups in total. The van der Waals surface area contributed by atoms with Crippen LogP contribution in [0.4, 0.5) is 5.13 Å². The number of hydrogen-bond acceptors (Lipinski definition) is 6. The molecule has 0 spiro atoms. The van der Waals surface area contributed by atoms with E-state index >= 15 is 0 Å². The molecule has 0 unspecified atom stereocenters. The summed E-state index contributed by atoms with van der Waals surface area (Å²) in [5, 5.41) is 13.8. The summed E-state index contributed by atoms with van der Waals surface area (Å²) in [6.07, 6.45) is 1.27. The molecule has 1 aromatic rings. The van der Waals surface area contributed by atoms with E-state index in [1.54, 1.807) is 7.11 Å². The van der Waals surface area contributed by atoms with Crippen molar-refractivity contribution in [2.24, 2.45) is 0 Å². The number of carbonyl (C=O) groups is 1. The van der Waals surface area contributed by atoms with Gasteiger partial charge >= 0.3 is 18.9 Å². The van der Waals surface area contributed by atoms with Gasteiger partial charge in [-0.1, -0.05) is 11.3 Å². The molecule has 0 atom stereocenters. The molecule has 0 aliphatic carbocycles. The molecular formula is C7H9LiN2O3S.